The molecule has 27 heavy (non-hydrogen) atoms. The quantitative estimate of drug-likeness (QED) is 0.235. The Morgan fingerprint density at radius 1 is 1.30 bits per heavy atom. The lowest BCUT2D eigenvalue weighted by Crippen LogP contribution is -2.38. The van der Waals surface area contributed by atoms with Crippen LogP contribution in [0.2, 0.25) is 5.02 Å². The second kappa shape index (κ2) is 11.9. The normalized spacial score (nSPS) is 10.8. The number of rotatable bonds is 10. The molecule has 2 amide bonds. The maximum absolute atomic E-state index is 11.6. The Balaban J connectivity index is 2.39. The van der Waals surface area contributed by atoms with Gasteiger partial charge in [0.25, 0.3) is 0 Å². The molecule has 10 heteroatoms. The molecule has 0 aromatic heterocycles. The van der Waals surface area contributed by atoms with Crippen molar-refractivity contribution in [3.05, 3.63) is 28.8 Å². The third-order valence-electron chi connectivity index (χ3n) is 2.95. The highest BCUT2D eigenvalue weighted by Gasteiger charge is 2.11. The summed E-state index contributed by atoms with van der Waals surface area (Å²) in [5.41, 5.74) is 2.62. The van der Waals surface area contributed by atoms with E-state index in [0.29, 0.717) is 25.1 Å². The highest BCUT2D eigenvalue weighted by molar-refractivity contribution is 6.35. The van der Waals surface area contributed by atoms with Gasteiger partial charge in [0, 0.05) is 13.2 Å². The summed E-state index contributed by atoms with van der Waals surface area (Å²) in [5, 5.41) is 14.9. The Morgan fingerprint density at radius 3 is 2.67 bits per heavy atom. The van der Waals surface area contributed by atoms with Crippen molar-refractivity contribution < 1.29 is 29.0 Å². The van der Waals surface area contributed by atoms with Gasteiger partial charge in [-0.15, -0.1) is 0 Å². The van der Waals surface area contributed by atoms with Crippen LogP contribution in [0, 0.1) is 0 Å². The van der Waals surface area contributed by atoms with Crippen LogP contribution in [0.1, 0.15) is 25.8 Å². The number of ether oxygens (including phenoxy) is 2. The van der Waals surface area contributed by atoms with Crippen molar-refractivity contribution in [1.82, 2.24) is 10.7 Å². The van der Waals surface area contributed by atoms with Gasteiger partial charge < -0.3 is 19.9 Å². The van der Waals surface area contributed by atoms with Crippen molar-refractivity contribution in [2.24, 2.45) is 5.10 Å². The van der Waals surface area contributed by atoms with Crippen molar-refractivity contribution in [3.8, 4) is 5.75 Å². The maximum atomic E-state index is 11.6. The van der Waals surface area contributed by atoms with Crippen LogP contribution in [0.25, 0.3) is 0 Å². The number of carboxylic acid groups (broad SMARTS) is 1. The molecule has 0 unspecified atom stereocenters. The van der Waals surface area contributed by atoms with E-state index in [1.54, 1.807) is 6.07 Å². The fraction of sp³-hybridized carbons (Fsp3) is 0.412. The molecule has 0 atom stereocenters. The molecule has 0 heterocycles. The summed E-state index contributed by atoms with van der Waals surface area (Å²) >= 11 is 5.97. The molecule has 1 aromatic carbocycles. The van der Waals surface area contributed by atoms with Gasteiger partial charge in [-0.1, -0.05) is 11.6 Å². The predicted molar refractivity (Wildman–Crippen MR) is 99.0 cm³/mol. The minimum absolute atomic E-state index is 0.115. The zero-order chi connectivity index (χ0) is 20.2. The fourth-order valence-corrected chi connectivity index (χ4v) is 1.99. The van der Waals surface area contributed by atoms with Crippen molar-refractivity contribution >= 4 is 35.6 Å². The standard InChI is InChI=1S/C17H22ClN3O6/c1-11(2)26-7-3-6-19-16(24)17(25)21-20-9-12-4-5-14(13(18)8-12)27-10-15(22)23/h4-5,8-9,11H,3,6-7,10H2,1-2H3,(H,19,24)(H,21,25)(H,22,23)/b20-9-. The number of carboxylic acids is 1. The number of nitrogens with one attached hydrogen (secondary N) is 2. The van der Waals surface area contributed by atoms with Crippen LogP contribution >= 0.6 is 11.6 Å². The number of carbonyl (C=O) groups is 3. The summed E-state index contributed by atoms with van der Waals surface area (Å²) in [6.45, 7) is 4.12. The minimum Gasteiger partial charge on any atom is -0.480 e. The van der Waals surface area contributed by atoms with Crippen molar-refractivity contribution in [1.29, 1.82) is 0 Å². The smallest absolute Gasteiger partial charge is 0.341 e. The van der Waals surface area contributed by atoms with Gasteiger partial charge in [-0.2, -0.15) is 5.10 Å². The second-order valence-corrected chi connectivity index (χ2v) is 6.01. The number of halogens is 1. The average Bonchev–Trinajstić information content (AvgIpc) is 2.60. The molecule has 0 aliphatic carbocycles. The molecule has 3 N–H and O–H groups in total. The van der Waals surface area contributed by atoms with Crippen LogP contribution in [0.4, 0.5) is 0 Å². The van der Waals surface area contributed by atoms with E-state index in [9.17, 15) is 14.4 Å². The van der Waals surface area contributed by atoms with Crippen LogP contribution in [0.5, 0.6) is 5.75 Å². The topological polar surface area (TPSA) is 126 Å². The SMILES string of the molecule is CC(C)OCCCNC(=O)C(=O)N/N=C\c1ccc(OCC(=O)O)c(Cl)c1. The van der Waals surface area contributed by atoms with Crippen molar-refractivity contribution in [3.63, 3.8) is 0 Å². The Bertz CT molecular complexity index is 693. The number of amides is 2. The van der Waals surface area contributed by atoms with Crippen LogP contribution in [0.15, 0.2) is 23.3 Å². The van der Waals surface area contributed by atoms with E-state index in [-0.39, 0.29) is 16.9 Å². The highest BCUT2D eigenvalue weighted by atomic mass is 35.5. The summed E-state index contributed by atoms with van der Waals surface area (Å²) in [5.74, 6) is -2.61. The maximum Gasteiger partial charge on any atom is 0.341 e. The zero-order valence-electron chi connectivity index (χ0n) is 15.0. The third-order valence-corrected chi connectivity index (χ3v) is 3.25. The number of hydrogen-bond acceptors (Lipinski definition) is 6. The van der Waals surface area contributed by atoms with E-state index in [4.69, 9.17) is 26.2 Å². The third kappa shape index (κ3) is 9.57. The van der Waals surface area contributed by atoms with E-state index in [0.717, 1.165) is 0 Å². The van der Waals surface area contributed by atoms with Crippen molar-refractivity contribution in [2.45, 2.75) is 26.4 Å². The second-order valence-electron chi connectivity index (χ2n) is 5.60. The Hall–Kier alpha value is -2.65. The first-order valence-corrected chi connectivity index (χ1v) is 8.54. The lowest BCUT2D eigenvalue weighted by atomic mass is 10.2. The van der Waals surface area contributed by atoms with Gasteiger partial charge in [0.1, 0.15) is 5.75 Å². The lowest BCUT2D eigenvalue weighted by Gasteiger charge is -2.07. The molecule has 0 aliphatic rings. The number of benzene rings is 1. The van der Waals surface area contributed by atoms with E-state index in [1.807, 2.05) is 13.8 Å². The highest BCUT2D eigenvalue weighted by Crippen LogP contribution is 2.24. The molecule has 148 valence electrons. The van der Waals surface area contributed by atoms with Crippen LogP contribution in [-0.2, 0) is 19.1 Å². The molecular weight excluding hydrogens is 378 g/mol. The molecule has 0 fully saturated rings. The monoisotopic (exact) mass is 399 g/mol. The van der Waals surface area contributed by atoms with Gasteiger partial charge in [0.15, 0.2) is 6.61 Å². The predicted octanol–water partition coefficient (Wildman–Crippen LogP) is 1.18. The van der Waals surface area contributed by atoms with Crippen molar-refractivity contribution in [2.75, 3.05) is 19.8 Å². The first kappa shape index (κ1) is 22.4. The molecule has 0 radical (unpaired) electrons. The number of nitrogens with zero attached hydrogens (tertiary/aromatic N) is 1. The van der Waals surface area contributed by atoms with Crippen LogP contribution in [-0.4, -0.2) is 55.0 Å². The summed E-state index contributed by atoms with van der Waals surface area (Å²) in [7, 11) is 0. The molecule has 0 aliphatic heterocycles. The first-order chi connectivity index (χ1) is 12.8. The Labute approximate surface area is 161 Å². The van der Waals surface area contributed by atoms with Gasteiger partial charge in [-0.05, 0) is 44.0 Å². The van der Waals surface area contributed by atoms with Crippen LogP contribution < -0.4 is 15.5 Å². The van der Waals surface area contributed by atoms with Gasteiger partial charge in [0.05, 0.1) is 17.3 Å². The fourth-order valence-electron chi connectivity index (χ4n) is 1.74. The average molecular weight is 400 g/mol. The number of hydrogen-bond donors (Lipinski definition) is 3. The van der Waals surface area contributed by atoms with Gasteiger partial charge in [0.2, 0.25) is 0 Å². The molecule has 0 saturated carbocycles. The van der Waals surface area contributed by atoms with Gasteiger partial charge >= 0.3 is 17.8 Å². The molecule has 0 bridgehead atoms. The van der Waals surface area contributed by atoms with Gasteiger partial charge in [-0.25, -0.2) is 10.2 Å². The minimum atomic E-state index is -1.12. The summed E-state index contributed by atoms with van der Waals surface area (Å²) < 4.78 is 10.3. The van der Waals surface area contributed by atoms with Gasteiger partial charge in [-0.3, -0.25) is 9.59 Å². The molecule has 9 nitrogen and oxygen atoms in total. The molecule has 0 spiro atoms. The number of aliphatic carboxylic acids is 1. The zero-order valence-corrected chi connectivity index (χ0v) is 15.8. The number of carbonyl (C=O) groups excluding carboxylic acids is 2. The molecule has 1 rings (SSSR count). The van der Waals surface area contributed by atoms with Crippen LogP contribution in [0.3, 0.4) is 0 Å². The summed E-state index contributed by atoms with van der Waals surface area (Å²) in [6.07, 6.45) is 1.99. The van der Waals surface area contributed by atoms with E-state index in [2.05, 4.69) is 15.8 Å². The molecular formula is C17H22ClN3O6. The van der Waals surface area contributed by atoms with E-state index < -0.39 is 24.4 Å². The van der Waals surface area contributed by atoms with E-state index >= 15 is 0 Å². The van der Waals surface area contributed by atoms with E-state index in [1.165, 1.54) is 18.3 Å². The molecule has 0 saturated heterocycles. The molecule has 1 aromatic rings. The Kier molecular flexibility index (Phi) is 9.84. The summed E-state index contributed by atoms with van der Waals surface area (Å²) in [6, 6.07) is 4.51. The Morgan fingerprint density at radius 2 is 2.04 bits per heavy atom. The lowest BCUT2D eigenvalue weighted by molar-refractivity contribution is -0.139. The first-order valence-electron chi connectivity index (χ1n) is 8.16. The summed E-state index contributed by atoms with van der Waals surface area (Å²) in [4.78, 5) is 33.7. The largest absolute Gasteiger partial charge is 0.480 e. The number of hydrazone groups is 1.